The van der Waals surface area contributed by atoms with Gasteiger partial charge in [0.15, 0.2) is 0 Å². The molecule has 2 rings (SSSR count). The Labute approximate surface area is 107 Å². The highest BCUT2D eigenvalue weighted by Crippen LogP contribution is 2.20. The summed E-state index contributed by atoms with van der Waals surface area (Å²) in [6, 6.07) is 3.18. The summed E-state index contributed by atoms with van der Waals surface area (Å²) < 4.78 is 1.43. The van der Waals surface area contributed by atoms with E-state index >= 15 is 0 Å². The first-order valence-corrected chi connectivity index (χ1v) is 6.15. The summed E-state index contributed by atoms with van der Waals surface area (Å²) >= 11 is 0. The van der Waals surface area contributed by atoms with E-state index in [9.17, 15) is 9.59 Å². The average molecular weight is 246 g/mol. The number of rotatable bonds is 2. The highest BCUT2D eigenvalue weighted by molar-refractivity contribution is 5.94. The van der Waals surface area contributed by atoms with E-state index in [1.807, 2.05) is 11.0 Å². The van der Waals surface area contributed by atoms with E-state index in [1.54, 1.807) is 19.3 Å². The molecule has 4 nitrogen and oxygen atoms in total. The zero-order valence-corrected chi connectivity index (χ0v) is 11.0. The standard InChI is InChI=1S/C14H18N2O2/c1-10(2)12-5-4-8-16(12)14(18)11-6-7-13(17)15(3)9-11/h4-7,9-10,12H,8H2,1-3H3. The maximum atomic E-state index is 12.4. The Morgan fingerprint density at radius 2 is 2.11 bits per heavy atom. The predicted molar refractivity (Wildman–Crippen MR) is 70.5 cm³/mol. The maximum absolute atomic E-state index is 12.4. The number of pyridine rings is 1. The van der Waals surface area contributed by atoms with Crippen molar-refractivity contribution in [2.24, 2.45) is 13.0 Å². The minimum atomic E-state index is -0.105. The Hall–Kier alpha value is -1.84. The van der Waals surface area contributed by atoms with Crippen LogP contribution in [0, 0.1) is 5.92 Å². The molecule has 0 radical (unpaired) electrons. The lowest BCUT2D eigenvalue weighted by Gasteiger charge is -2.27. The van der Waals surface area contributed by atoms with Gasteiger partial charge in [-0.15, -0.1) is 0 Å². The lowest BCUT2D eigenvalue weighted by Crippen LogP contribution is -2.39. The van der Waals surface area contributed by atoms with Crippen molar-refractivity contribution in [3.05, 3.63) is 46.4 Å². The van der Waals surface area contributed by atoms with E-state index < -0.39 is 0 Å². The number of carbonyl (C=O) groups excluding carboxylic acids is 1. The smallest absolute Gasteiger partial charge is 0.256 e. The number of hydrogen-bond donors (Lipinski definition) is 0. The van der Waals surface area contributed by atoms with Crippen molar-refractivity contribution in [2.75, 3.05) is 6.54 Å². The Morgan fingerprint density at radius 1 is 1.39 bits per heavy atom. The van der Waals surface area contributed by atoms with Crippen LogP contribution in [0.2, 0.25) is 0 Å². The van der Waals surface area contributed by atoms with Crippen LogP contribution in [0.3, 0.4) is 0 Å². The molecule has 1 aromatic heterocycles. The van der Waals surface area contributed by atoms with Crippen LogP contribution < -0.4 is 5.56 Å². The molecule has 0 aliphatic carbocycles. The molecule has 4 heteroatoms. The maximum Gasteiger partial charge on any atom is 0.256 e. The number of amides is 1. The first-order chi connectivity index (χ1) is 8.50. The Kier molecular flexibility index (Phi) is 3.36. The summed E-state index contributed by atoms with van der Waals surface area (Å²) in [7, 11) is 1.65. The molecular formula is C14H18N2O2. The summed E-state index contributed by atoms with van der Waals surface area (Å²) in [5.41, 5.74) is 0.456. The highest BCUT2D eigenvalue weighted by Gasteiger charge is 2.27. The van der Waals surface area contributed by atoms with Crippen LogP contribution >= 0.6 is 0 Å². The molecule has 0 aromatic carbocycles. The highest BCUT2D eigenvalue weighted by atomic mass is 16.2. The Morgan fingerprint density at radius 3 is 2.72 bits per heavy atom. The molecule has 0 fully saturated rings. The number of aromatic nitrogens is 1. The van der Waals surface area contributed by atoms with E-state index in [2.05, 4.69) is 19.9 Å². The molecule has 0 saturated heterocycles. The quantitative estimate of drug-likeness (QED) is 0.741. The molecule has 1 aromatic rings. The lowest BCUT2D eigenvalue weighted by atomic mass is 10.0. The van der Waals surface area contributed by atoms with E-state index in [1.165, 1.54) is 10.6 Å². The molecule has 2 heterocycles. The molecule has 0 bridgehead atoms. The van der Waals surface area contributed by atoms with Crippen LogP contribution in [-0.4, -0.2) is 28.0 Å². The normalized spacial score (nSPS) is 18.7. The molecule has 1 atom stereocenters. The third-order valence-electron chi connectivity index (χ3n) is 3.27. The number of hydrogen-bond acceptors (Lipinski definition) is 2. The number of nitrogens with zero attached hydrogens (tertiary/aromatic N) is 2. The third kappa shape index (κ3) is 2.23. The summed E-state index contributed by atoms with van der Waals surface area (Å²) in [5, 5.41) is 0. The van der Waals surface area contributed by atoms with Crippen LogP contribution in [0.4, 0.5) is 0 Å². The van der Waals surface area contributed by atoms with Crippen molar-refractivity contribution in [3.63, 3.8) is 0 Å². The van der Waals surface area contributed by atoms with Crippen LogP contribution in [0.25, 0.3) is 0 Å². The van der Waals surface area contributed by atoms with E-state index in [0.717, 1.165) is 0 Å². The minimum Gasteiger partial charge on any atom is -0.328 e. The Balaban J connectivity index is 2.26. The fourth-order valence-electron chi connectivity index (χ4n) is 2.23. The van der Waals surface area contributed by atoms with Gasteiger partial charge in [0.25, 0.3) is 5.91 Å². The number of carbonyl (C=O) groups is 1. The molecule has 0 spiro atoms. The molecule has 18 heavy (non-hydrogen) atoms. The van der Waals surface area contributed by atoms with Gasteiger partial charge in [0.05, 0.1) is 11.6 Å². The second-order valence-electron chi connectivity index (χ2n) is 4.99. The van der Waals surface area contributed by atoms with Gasteiger partial charge >= 0.3 is 0 Å². The summed E-state index contributed by atoms with van der Waals surface area (Å²) in [6.45, 7) is 4.84. The number of aryl methyl sites for hydroxylation is 1. The van der Waals surface area contributed by atoms with Crippen molar-refractivity contribution < 1.29 is 4.79 Å². The van der Waals surface area contributed by atoms with Gasteiger partial charge in [0, 0.05) is 25.9 Å². The van der Waals surface area contributed by atoms with Crippen LogP contribution in [-0.2, 0) is 7.05 Å². The fraction of sp³-hybridized carbons (Fsp3) is 0.429. The molecule has 1 amide bonds. The molecule has 0 saturated carbocycles. The second-order valence-corrected chi connectivity index (χ2v) is 4.99. The van der Waals surface area contributed by atoms with Crippen LogP contribution in [0.5, 0.6) is 0 Å². The second kappa shape index (κ2) is 4.80. The van der Waals surface area contributed by atoms with Crippen molar-refractivity contribution in [1.29, 1.82) is 0 Å². The monoisotopic (exact) mass is 246 g/mol. The fourth-order valence-corrected chi connectivity index (χ4v) is 2.23. The molecule has 1 unspecified atom stereocenters. The van der Waals surface area contributed by atoms with E-state index in [0.29, 0.717) is 18.0 Å². The first-order valence-electron chi connectivity index (χ1n) is 6.15. The van der Waals surface area contributed by atoms with Gasteiger partial charge in [-0.1, -0.05) is 26.0 Å². The molecule has 1 aliphatic rings. The lowest BCUT2D eigenvalue weighted by molar-refractivity contribution is 0.0719. The third-order valence-corrected chi connectivity index (χ3v) is 3.27. The summed E-state index contributed by atoms with van der Waals surface area (Å²) in [6.07, 6.45) is 5.69. The van der Waals surface area contributed by atoms with Gasteiger partial charge in [-0.05, 0) is 12.0 Å². The topological polar surface area (TPSA) is 42.3 Å². The van der Waals surface area contributed by atoms with Gasteiger partial charge < -0.3 is 9.47 Å². The molecule has 0 N–H and O–H groups in total. The van der Waals surface area contributed by atoms with Gasteiger partial charge in [-0.3, -0.25) is 9.59 Å². The SMILES string of the molecule is CC(C)C1C=CCN1C(=O)c1ccc(=O)n(C)c1. The molecule has 96 valence electrons. The van der Waals surface area contributed by atoms with Gasteiger partial charge in [-0.2, -0.15) is 0 Å². The Bertz CT molecular complexity index is 543. The van der Waals surface area contributed by atoms with Crippen molar-refractivity contribution in [2.45, 2.75) is 19.9 Å². The molecular weight excluding hydrogens is 228 g/mol. The van der Waals surface area contributed by atoms with Gasteiger partial charge in [-0.25, -0.2) is 0 Å². The molecule has 1 aliphatic heterocycles. The minimum absolute atomic E-state index is 0.0192. The van der Waals surface area contributed by atoms with Crippen LogP contribution in [0.15, 0.2) is 35.3 Å². The largest absolute Gasteiger partial charge is 0.328 e. The van der Waals surface area contributed by atoms with Crippen molar-refractivity contribution >= 4 is 5.91 Å². The van der Waals surface area contributed by atoms with E-state index in [-0.39, 0.29) is 17.5 Å². The summed E-state index contributed by atoms with van der Waals surface area (Å²) in [4.78, 5) is 25.5. The zero-order valence-electron chi connectivity index (χ0n) is 11.0. The first kappa shape index (κ1) is 12.6. The predicted octanol–water partition coefficient (Wildman–Crippen LogP) is 1.42. The van der Waals surface area contributed by atoms with Crippen LogP contribution in [0.1, 0.15) is 24.2 Å². The van der Waals surface area contributed by atoms with Crippen molar-refractivity contribution in [3.8, 4) is 0 Å². The van der Waals surface area contributed by atoms with Gasteiger partial charge in [0.2, 0.25) is 5.56 Å². The average Bonchev–Trinajstić information content (AvgIpc) is 2.81. The van der Waals surface area contributed by atoms with Crippen molar-refractivity contribution in [1.82, 2.24) is 9.47 Å². The zero-order chi connectivity index (χ0) is 13.3. The summed E-state index contributed by atoms with van der Waals surface area (Å²) in [5.74, 6) is 0.370. The van der Waals surface area contributed by atoms with E-state index in [4.69, 9.17) is 0 Å². The van der Waals surface area contributed by atoms with Gasteiger partial charge in [0.1, 0.15) is 0 Å².